The Morgan fingerprint density at radius 3 is 2.35 bits per heavy atom. The number of carboxylic acid groups (broad SMARTS) is 1. The summed E-state index contributed by atoms with van der Waals surface area (Å²) in [4.78, 5) is 26.2. The zero-order valence-corrected chi connectivity index (χ0v) is 10.4. The Morgan fingerprint density at radius 1 is 1.41 bits per heavy atom. The smallest absolute Gasteiger partial charge is 0.321 e. The maximum absolute atomic E-state index is 11.8. The Hall–Kier alpha value is -1.14. The van der Waals surface area contributed by atoms with Gasteiger partial charge in [0, 0.05) is 19.1 Å². The highest BCUT2D eigenvalue weighted by Gasteiger charge is 2.26. The average molecular weight is 243 g/mol. The fourth-order valence-corrected chi connectivity index (χ4v) is 2.04. The third-order valence-electron chi connectivity index (χ3n) is 3.26. The topological polar surface area (TPSA) is 86.9 Å². The molecule has 1 atom stereocenters. The summed E-state index contributed by atoms with van der Waals surface area (Å²) in [5.74, 6) is -1.28. The number of nitrogens with zero attached hydrogens (tertiary/aromatic N) is 2. The van der Waals surface area contributed by atoms with E-state index in [1.54, 1.807) is 4.90 Å². The van der Waals surface area contributed by atoms with E-state index in [2.05, 4.69) is 4.90 Å². The Balaban J connectivity index is 2.38. The van der Waals surface area contributed by atoms with E-state index in [1.807, 2.05) is 14.1 Å². The minimum atomic E-state index is -1.12. The molecule has 0 aromatic heterocycles. The number of carbonyl (C=O) groups excluding carboxylic acids is 1. The molecule has 1 heterocycles. The van der Waals surface area contributed by atoms with Crippen LogP contribution in [0.3, 0.4) is 0 Å². The van der Waals surface area contributed by atoms with Crippen molar-refractivity contribution in [2.45, 2.75) is 31.3 Å². The highest BCUT2D eigenvalue weighted by Crippen LogP contribution is 2.15. The first-order valence-corrected chi connectivity index (χ1v) is 5.84. The average Bonchev–Trinajstić information content (AvgIpc) is 2.28. The van der Waals surface area contributed by atoms with Gasteiger partial charge >= 0.3 is 5.97 Å². The Bertz CT molecular complexity index is 286. The van der Waals surface area contributed by atoms with Crippen molar-refractivity contribution in [3.63, 3.8) is 0 Å². The van der Waals surface area contributed by atoms with E-state index in [0.29, 0.717) is 19.1 Å². The van der Waals surface area contributed by atoms with Gasteiger partial charge in [0.25, 0.3) is 0 Å². The lowest BCUT2D eigenvalue weighted by Gasteiger charge is -2.35. The number of nitrogens with two attached hydrogens (primary N) is 1. The van der Waals surface area contributed by atoms with Crippen molar-refractivity contribution >= 4 is 11.9 Å². The van der Waals surface area contributed by atoms with Gasteiger partial charge in [-0.15, -0.1) is 0 Å². The molecular formula is C11H21N3O3. The normalized spacial score (nSPS) is 19.4. The van der Waals surface area contributed by atoms with Crippen LogP contribution in [0.2, 0.25) is 0 Å². The number of piperidine rings is 1. The molecule has 6 heteroatoms. The summed E-state index contributed by atoms with van der Waals surface area (Å²) in [6.45, 7) is 1.38. The second-order valence-corrected chi connectivity index (χ2v) is 4.72. The van der Waals surface area contributed by atoms with Gasteiger partial charge in [0.2, 0.25) is 5.91 Å². The van der Waals surface area contributed by atoms with Crippen molar-refractivity contribution in [1.29, 1.82) is 0 Å². The first-order chi connectivity index (χ1) is 7.91. The van der Waals surface area contributed by atoms with E-state index in [1.165, 1.54) is 0 Å². The highest BCUT2D eigenvalue weighted by molar-refractivity contribution is 5.84. The van der Waals surface area contributed by atoms with Gasteiger partial charge in [0.15, 0.2) is 0 Å². The van der Waals surface area contributed by atoms with Crippen LogP contribution in [0.25, 0.3) is 0 Å². The summed E-state index contributed by atoms with van der Waals surface area (Å²) < 4.78 is 0. The lowest BCUT2D eigenvalue weighted by Crippen LogP contribution is -2.46. The van der Waals surface area contributed by atoms with E-state index >= 15 is 0 Å². The molecule has 0 aliphatic carbocycles. The molecule has 1 rings (SSSR count). The lowest BCUT2D eigenvalue weighted by molar-refractivity contribution is -0.143. The SMILES string of the molecule is CN(C)C1CCN(C(=O)C[C@H](N)C(=O)O)CC1. The first-order valence-electron chi connectivity index (χ1n) is 5.84. The van der Waals surface area contributed by atoms with Crippen LogP contribution in [-0.4, -0.2) is 66.1 Å². The third kappa shape index (κ3) is 3.98. The van der Waals surface area contributed by atoms with Gasteiger partial charge in [-0.2, -0.15) is 0 Å². The summed E-state index contributed by atoms with van der Waals surface area (Å²) in [7, 11) is 4.06. The summed E-state index contributed by atoms with van der Waals surface area (Å²) in [6.07, 6.45) is 1.75. The van der Waals surface area contributed by atoms with E-state index in [4.69, 9.17) is 10.8 Å². The van der Waals surface area contributed by atoms with Crippen LogP contribution >= 0.6 is 0 Å². The molecule has 0 radical (unpaired) electrons. The Labute approximate surface area is 101 Å². The predicted molar refractivity (Wildman–Crippen MR) is 63.5 cm³/mol. The molecule has 1 aliphatic heterocycles. The van der Waals surface area contributed by atoms with Crippen LogP contribution < -0.4 is 5.73 Å². The summed E-state index contributed by atoms with van der Waals surface area (Å²) >= 11 is 0. The van der Waals surface area contributed by atoms with Crippen LogP contribution in [0.5, 0.6) is 0 Å². The van der Waals surface area contributed by atoms with Gasteiger partial charge in [-0.25, -0.2) is 0 Å². The summed E-state index contributed by atoms with van der Waals surface area (Å²) in [5.41, 5.74) is 5.34. The molecule has 1 fully saturated rings. The second-order valence-electron chi connectivity index (χ2n) is 4.72. The fourth-order valence-electron chi connectivity index (χ4n) is 2.04. The number of aliphatic carboxylic acids is 1. The number of amides is 1. The van der Waals surface area contributed by atoms with Crippen LogP contribution in [-0.2, 0) is 9.59 Å². The number of carbonyl (C=O) groups is 2. The quantitative estimate of drug-likeness (QED) is 0.684. The maximum Gasteiger partial charge on any atom is 0.321 e. The second kappa shape index (κ2) is 5.97. The molecule has 98 valence electrons. The minimum absolute atomic E-state index is 0.109. The van der Waals surface area contributed by atoms with Crippen LogP contribution in [0.4, 0.5) is 0 Å². The van der Waals surface area contributed by atoms with Crippen LogP contribution in [0.1, 0.15) is 19.3 Å². The molecule has 0 aromatic carbocycles. The molecule has 1 saturated heterocycles. The van der Waals surface area contributed by atoms with Crippen molar-refractivity contribution in [1.82, 2.24) is 9.80 Å². The Kier molecular flexibility index (Phi) is 4.89. The molecule has 1 amide bonds. The molecule has 0 saturated carbocycles. The standard InChI is InChI=1S/C11H21N3O3/c1-13(2)8-3-5-14(6-4-8)10(15)7-9(12)11(16)17/h8-9H,3-7,12H2,1-2H3,(H,16,17)/t9-/m0/s1. The molecule has 0 spiro atoms. The van der Waals surface area contributed by atoms with Crippen molar-refractivity contribution in [3.8, 4) is 0 Å². The van der Waals surface area contributed by atoms with Gasteiger partial charge in [-0.3, -0.25) is 9.59 Å². The summed E-state index contributed by atoms with van der Waals surface area (Å²) in [5, 5.41) is 8.64. The van der Waals surface area contributed by atoms with Crippen LogP contribution in [0, 0.1) is 0 Å². The van der Waals surface area contributed by atoms with Gasteiger partial charge in [0.05, 0.1) is 6.42 Å². The zero-order chi connectivity index (χ0) is 13.0. The molecule has 0 bridgehead atoms. The molecule has 1 aliphatic rings. The first kappa shape index (κ1) is 13.9. The number of carboxylic acids is 1. The number of hydrogen-bond acceptors (Lipinski definition) is 4. The van der Waals surface area contributed by atoms with Crippen molar-refractivity contribution in [2.24, 2.45) is 5.73 Å². The van der Waals surface area contributed by atoms with Crippen molar-refractivity contribution in [2.75, 3.05) is 27.2 Å². The monoisotopic (exact) mass is 243 g/mol. The molecule has 17 heavy (non-hydrogen) atoms. The van der Waals surface area contributed by atoms with E-state index in [-0.39, 0.29) is 12.3 Å². The highest BCUT2D eigenvalue weighted by atomic mass is 16.4. The Morgan fingerprint density at radius 2 is 1.94 bits per heavy atom. The summed E-state index contributed by atoms with van der Waals surface area (Å²) in [6, 6.07) is -0.582. The molecule has 6 nitrogen and oxygen atoms in total. The molecule has 0 unspecified atom stereocenters. The van der Waals surface area contributed by atoms with Gasteiger partial charge in [-0.1, -0.05) is 0 Å². The zero-order valence-electron chi connectivity index (χ0n) is 10.4. The largest absolute Gasteiger partial charge is 0.480 e. The molecular weight excluding hydrogens is 222 g/mol. The maximum atomic E-state index is 11.8. The lowest BCUT2D eigenvalue weighted by atomic mass is 10.0. The van der Waals surface area contributed by atoms with Crippen molar-refractivity contribution < 1.29 is 14.7 Å². The number of rotatable bonds is 4. The number of hydrogen-bond donors (Lipinski definition) is 2. The van der Waals surface area contributed by atoms with E-state index in [9.17, 15) is 9.59 Å². The van der Waals surface area contributed by atoms with Crippen LogP contribution in [0.15, 0.2) is 0 Å². The molecule has 3 N–H and O–H groups in total. The van der Waals surface area contributed by atoms with Gasteiger partial charge < -0.3 is 20.6 Å². The van der Waals surface area contributed by atoms with E-state index in [0.717, 1.165) is 12.8 Å². The third-order valence-corrected chi connectivity index (χ3v) is 3.26. The fraction of sp³-hybridized carbons (Fsp3) is 0.818. The van der Waals surface area contributed by atoms with Crippen molar-refractivity contribution in [3.05, 3.63) is 0 Å². The number of likely N-dealkylation sites (tertiary alicyclic amines) is 1. The minimum Gasteiger partial charge on any atom is -0.480 e. The molecule has 0 aromatic rings. The van der Waals surface area contributed by atoms with Gasteiger partial charge in [-0.05, 0) is 26.9 Å². The van der Waals surface area contributed by atoms with Gasteiger partial charge in [0.1, 0.15) is 6.04 Å². The predicted octanol–water partition coefficient (Wildman–Crippen LogP) is -0.659. The van der Waals surface area contributed by atoms with E-state index < -0.39 is 12.0 Å².